The van der Waals surface area contributed by atoms with E-state index in [-0.39, 0.29) is 17.9 Å². The molecule has 4 amide bonds. The lowest BCUT2D eigenvalue weighted by molar-refractivity contribution is -0.154. The molecule has 0 aliphatic heterocycles. The molecule has 43 heavy (non-hydrogen) atoms. The van der Waals surface area contributed by atoms with Crippen molar-refractivity contribution in [3.05, 3.63) is 65.3 Å². The van der Waals surface area contributed by atoms with E-state index in [1.165, 1.54) is 36.3 Å². The first-order valence-electron chi connectivity index (χ1n) is 12.9. The van der Waals surface area contributed by atoms with Crippen molar-refractivity contribution in [3.8, 4) is 0 Å². The van der Waals surface area contributed by atoms with Crippen molar-refractivity contribution in [2.24, 2.45) is 0 Å². The summed E-state index contributed by atoms with van der Waals surface area (Å²) in [6.45, 7) is 5.70. The van der Waals surface area contributed by atoms with Gasteiger partial charge in [-0.1, -0.05) is 11.2 Å². The maximum Gasteiger partial charge on any atom is 0.419 e. The SMILES string of the molecule is CCN(C(=O)OCOC(=O)C(C)NC=O)C(=O)c1cn2ncnc(Nc3cc(C(=O)Nc4ccon4)ccc3C)c2c1C. The van der Waals surface area contributed by atoms with Crippen LogP contribution in [0.1, 0.15) is 45.7 Å². The maximum atomic E-state index is 13.4. The van der Waals surface area contributed by atoms with Gasteiger partial charge in [-0.2, -0.15) is 5.10 Å². The molecular formula is C27H28N8O8. The number of fused-ring (bicyclic) bond motifs is 1. The average Bonchev–Trinajstić information content (AvgIpc) is 3.62. The molecule has 4 rings (SSSR count). The topological polar surface area (TPSA) is 199 Å². The Kier molecular flexibility index (Phi) is 9.29. The van der Waals surface area contributed by atoms with Gasteiger partial charge in [0, 0.05) is 30.1 Å². The molecular weight excluding hydrogens is 564 g/mol. The minimum absolute atomic E-state index is 0.0421. The zero-order valence-corrected chi connectivity index (χ0v) is 23.6. The second-order valence-electron chi connectivity index (χ2n) is 9.11. The molecule has 0 bridgehead atoms. The summed E-state index contributed by atoms with van der Waals surface area (Å²) >= 11 is 0. The van der Waals surface area contributed by atoms with Gasteiger partial charge in [-0.05, 0) is 51.0 Å². The third-order valence-electron chi connectivity index (χ3n) is 6.33. The van der Waals surface area contributed by atoms with E-state index in [9.17, 15) is 24.0 Å². The highest BCUT2D eigenvalue weighted by Crippen LogP contribution is 2.28. The summed E-state index contributed by atoms with van der Waals surface area (Å²) in [4.78, 5) is 66.2. The molecule has 4 aromatic rings. The van der Waals surface area contributed by atoms with Gasteiger partial charge >= 0.3 is 12.1 Å². The molecule has 16 heteroatoms. The van der Waals surface area contributed by atoms with E-state index in [1.807, 2.05) is 6.92 Å². The summed E-state index contributed by atoms with van der Waals surface area (Å²) in [6, 6.07) is 5.64. The molecule has 224 valence electrons. The van der Waals surface area contributed by atoms with Crippen molar-refractivity contribution in [2.75, 3.05) is 24.0 Å². The summed E-state index contributed by atoms with van der Waals surface area (Å²) in [5.41, 5.74) is 2.82. The van der Waals surface area contributed by atoms with Crippen molar-refractivity contribution in [1.29, 1.82) is 0 Å². The summed E-state index contributed by atoms with van der Waals surface area (Å²) in [5.74, 6) is -1.28. The Bertz CT molecular complexity index is 1670. The number of esters is 1. The van der Waals surface area contributed by atoms with E-state index in [2.05, 4.69) is 31.2 Å². The van der Waals surface area contributed by atoms with Crippen molar-refractivity contribution >= 4 is 53.1 Å². The fourth-order valence-corrected chi connectivity index (χ4v) is 3.97. The number of imide groups is 1. The lowest BCUT2D eigenvalue weighted by atomic mass is 10.1. The Morgan fingerprint density at radius 3 is 2.65 bits per heavy atom. The van der Waals surface area contributed by atoms with Gasteiger partial charge in [-0.25, -0.2) is 24.0 Å². The number of anilines is 3. The lowest BCUT2D eigenvalue weighted by Gasteiger charge is -2.18. The van der Waals surface area contributed by atoms with Crippen molar-refractivity contribution in [1.82, 2.24) is 30.0 Å². The van der Waals surface area contributed by atoms with E-state index >= 15 is 0 Å². The molecule has 1 aromatic carbocycles. The fourth-order valence-electron chi connectivity index (χ4n) is 3.97. The minimum Gasteiger partial charge on any atom is -0.426 e. The van der Waals surface area contributed by atoms with Crippen molar-refractivity contribution < 1.29 is 38.0 Å². The summed E-state index contributed by atoms with van der Waals surface area (Å²) in [7, 11) is 0. The van der Waals surface area contributed by atoms with E-state index in [0.29, 0.717) is 34.6 Å². The molecule has 0 aliphatic rings. The second kappa shape index (κ2) is 13.2. The van der Waals surface area contributed by atoms with Gasteiger partial charge < -0.3 is 29.9 Å². The third-order valence-corrected chi connectivity index (χ3v) is 6.33. The summed E-state index contributed by atoms with van der Waals surface area (Å²) < 4.78 is 15.9. The highest BCUT2D eigenvalue weighted by atomic mass is 16.7. The molecule has 0 aliphatic carbocycles. The Labute approximate surface area is 244 Å². The Hall–Kier alpha value is -5.80. The molecule has 3 heterocycles. The van der Waals surface area contributed by atoms with Gasteiger partial charge in [-0.15, -0.1) is 0 Å². The molecule has 16 nitrogen and oxygen atoms in total. The molecule has 0 radical (unpaired) electrons. The van der Waals surface area contributed by atoms with Gasteiger partial charge in [0.15, 0.2) is 11.6 Å². The predicted octanol–water partition coefficient (Wildman–Crippen LogP) is 2.56. The van der Waals surface area contributed by atoms with Crippen LogP contribution in [0.5, 0.6) is 0 Å². The maximum absolute atomic E-state index is 13.4. The van der Waals surface area contributed by atoms with Crippen LogP contribution in [0.3, 0.4) is 0 Å². The minimum atomic E-state index is -1.04. The normalized spacial score (nSPS) is 11.3. The van der Waals surface area contributed by atoms with Crippen LogP contribution < -0.4 is 16.0 Å². The predicted molar refractivity (Wildman–Crippen MR) is 149 cm³/mol. The molecule has 3 aromatic heterocycles. The standard InChI is InChI=1S/C27H28N8O8/c1-5-34(27(40)42-14-41-26(39)17(4)29-13-36)25(38)19-11-35-22(16(19)3)23(28-12-30-35)31-20-10-18(7-6-15(20)2)24(37)32-21-8-9-43-33-21/h6-13,17H,5,14H2,1-4H3,(H,29,36)(H,28,30,31)(H,32,33,37). The highest BCUT2D eigenvalue weighted by molar-refractivity contribution is 6.06. The van der Waals surface area contributed by atoms with Gasteiger partial charge in [-0.3, -0.25) is 14.4 Å². The molecule has 0 spiro atoms. The third kappa shape index (κ3) is 6.75. The lowest BCUT2D eigenvalue weighted by Crippen LogP contribution is -2.39. The first-order chi connectivity index (χ1) is 20.6. The van der Waals surface area contributed by atoms with E-state index in [1.54, 1.807) is 32.0 Å². The average molecular weight is 593 g/mol. The number of nitrogens with one attached hydrogen (secondary N) is 3. The van der Waals surface area contributed by atoms with E-state index in [0.717, 1.165) is 10.5 Å². The van der Waals surface area contributed by atoms with Crippen molar-refractivity contribution in [2.45, 2.75) is 33.7 Å². The van der Waals surface area contributed by atoms with Gasteiger partial charge in [0.25, 0.3) is 11.8 Å². The number of carbonyl (C=O) groups excluding carboxylic acids is 5. The van der Waals surface area contributed by atoms with Crippen LogP contribution in [0.25, 0.3) is 5.52 Å². The Balaban J connectivity index is 1.53. The molecule has 0 fully saturated rings. The molecule has 1 unspecified atom stereocenters. The van der Waals surface area contributed by atoms with Gasteiger partial charge in [0.05, 0.1) is 5.56 Å². The molecule has 3 N–H and O–H groups in total. The monoisotopic (exact) mass is 592 g/mol. The van der Waals surface area contributed by atoms with Crippen LogP contribution in [0.4, 0.5) is 22.1 Å². The first-order valence-corrected chi connectivity index (χ1v) is 12.9. The molecule has 1 atom stereocenters. The number of carbonyl (C=O) groups is 5. The number of amides is 4. The fraction of sp³-hybridized carbons (Fsp3) is 0.259. The zero-order valence-electron chi connectivity index (χ0n) is 23.6. The number of aromatic nitrogens is 4. The van der Waals surface area contributed by atoms with Crippen molar-refractivity contribution in [3.63, 3.8) is 0 Å². The van der Waals surface area contributed by atoms with Crippen LogP contribution >= 0.6 is 0 Å². The largest absolute Gasteiger partial charge is 0.426 e. The Morgan fingerprint density at radius 1 is 1.16 bits per heavy atom. The van der Waals surface area contributed by atoms with Crippen LogP contribution in [0, 0.1) is 13.8 Å². The van der Waals surface area contributed by atoms with Crippen LogP contribution in [-0.4, -0.2) is 74.3 Å². The quantitative estimate of drug-likeness (QED) is 0.131. The smallest absolute Gasteiger partial charge is 0.419 e. The number of hydrogen-bond acceptors (Lipinski definition) is 12. The Morgan fingerprint density at radius 2 is 1.95 bits per heavy atom. The van der Waals surface area contributed by atoms with Gasteiger partial charge in [0.1, 0.15) is 24.1 Å². The van der Waals surface area contributed by atoms with E-state index < -0.39 is 36.7 Å². The summed E-state index contributed by atoms with van der Waals surface area (Å²) in [5, 5.41) is 15.9. The zero-order chi connectivity index (χ0) is 31.1. The number of nitrogens with zero attached hydrogens (tertiary/aromatic N) is 5. The number of aryl methyl sites for hydroxylation is 2. The molecule has 0 saturated carbocycles. The van der Waals surface area contributed by atoms with Crippen LogP contribution in [0.2, 0.25) is 0 Å². The second-order valence-corrected chi connectivity index (χ2v) is 9.11. The van der Waals surface area contributed by atoms with Crippen LogP contribution in [0.15, 0.2) is 47.6 Å². The highest BCUT2D eigenvalue weighted by Gasteiger charge is 2.27. The summed E-state index contributed by atoms with van der Waals surface area (Å²) in [6.07, 6.45) is 3.39. The van der Waals surface area contributed by atoms with Gasteiger partial charge in [0.2, 0.25) is 13.2 Å². The first kappa shape index (κ1) is 30.2. The number of hydrogen-bond donors (Lipinski definition) is 3. The number of benzene rings is 1. The number of ether oxygens (including phenoxy) is 2. The van der Waals surface area contributed by atoms with Crippen LogP contribution in [-0.2, 0) is 19.1 Å². The number of rotatable bonds is 11. The molecule has 0 saturated heterocycles. The van der Waals surface area contributed by atoms with E-state index in [4.69, 9.17) is 14.0 Å².